The summed E-state index contributed by atoms with van der Waals surface area (Å²) in [5, 5.41) is 2.93. The van der Waals surface area contributed by atoms with E-state index in [0.29, 0.717) is 18.0 Å². The van der Waals surface area contributed by atoms with Crippen LogP contribution in [0.5, 0.6) is 0 Å². The predicted molar refractivity (Wildman–Crippen MR) is 72.6 cm³/mol. The first-order valence-corrected chi connectivity index (χ1v) is 7.50. The maximum absolute atomic E-state index is 12.3. The number of nitrogens with zero attached hydrogens (tertiary/aromatic N) is 1. The van der Waals surface area contributed by atoms with Gasteiger partial charge in [-0.2, -0.15) is 4.31 Å². The van der Waals surface area contributed by atoms with E-state index in [2.05, 4.69) is 21.2 Å². The summed E-state index contributed by atoms with van der Waals surface area (Å²) in [6.07, 6.45) is 0. The normalized spacial score (nSPS) is 12.1. The van der Waals surface area contributed by atoms with E-state index in [9.17, 15) is 8.42 Å². The lowest BCUT2D eigenvalue weighted by molar-refractivity contribution is 0.465. The third-order valence-electron chi connectivity index (χ3n) is 2.52. The Bertz CT molecular complexity index is 488. The van der Waals surface area contributed by atoms with E-state index in [4.69, 9.17) is 0 Å². The molecule has 1 rings (SSSR count). The third-order valence-corrected chi connectivity index (χ3v) is 5.01. The molecule has 0 amide bonds. The molecule has 0 bridgehead atoms. The number of aryl methyl sites for hydroxylation is 1. The van der Waals surface area contributed by atoms with E-state index in [1.165, 1.54) is 4.31 Å². The van der Waals surface area contributed by atoms with E-state index in [0.717, 1.165) is 10.0 Å². The summed E-state index contributed by atoms with van der Waals surface area (Å²) < 4.78 is 26.7. The average molecular weight is 321 g/mol. The van der Waals surface area contributed by atoms with Gasteiger partial charge in [0.1, 0.15) is 0 Å². The molecule has 1 aromatic carbocycles. The molecule has 0 aliphatic carbocycles. The summed E-state index contributed by atoms with van der Waals surface area (Å²) in [5.41, 5.74) is 0.754. The quantitative estimate of drug-likeness (QED) is 0.896. The van der Waals surface area contributed by atoms with Crippen LogP contribution in [0.15, 0.2) is 27.6 Å². The SMILES string of the molecule is CNCCN(C)S(=O)(=O)c1cc(Br)ccc1C. The highest BCUT2D eigenvalue weighted by atomic mass is 79.9. The maximum Gasteiger partial charge on any atom is 0.243 e. The zero-order chi connectivity index (χ0) is 13.1. The van der Waals surface area contributed by atoms with E-state index in [1.807, 2.05) is 6.07 Å². The van der Waals surface area contributed by atoms with Gasteiger partial charge in [-0.15, -0.1) is 0 Å². The van der Waals surface area contributed by atoms with Crippen LogP contribution in [0.4, 0.5) is 0 Å². The molecule has 0 unspecified atom stereocenters. The van der Waals surface area contributed by atoms with Crippen molar-refractivity contribution in [2.45, 2.75) is 11.8 Å². The fourth-order valence-electron chi connectivity index (χ4n) is 1.41. The number of hydrogen-bond acceptors (Lipinski definition) is 3. The molecule has 0 fully saturated rings. The van der Waals surface area contributed by atoms with Gasteiger partial charge >= 0.3 is 0 Å². The van der Waals surface area contributed by atoms with Crippen molar-refractivity contribution in [1.29, 1.82) is 0 Å². The molecule has 0 aliphatic rings. The summed E-state index contributed by atoms with van der Waals surface area (Å²) >= 11 is 3.30. The lowest BCUT2D eigenvalue weighted by atomic mass is 10.2. The largest absolute Gasteiger partial charge is 0.318 e. The number of benzene rings is 1. The number of likely N-dealkylation sites (N-methyl/N-ethyl adjacent to an activating group) is 2. The molecule has 1 N–H and O–H groups in total. The van der Waals surface area contributed by atoms with Crippen molar-refractivity contribution in [2.75, 3.05) is 27.2 Å². The van der Waals surface area contributed by atoms with Crippen molar-refractivity contribution in [2.24, 2.45) is 0 Å². The first kappa shape index (κ1) is 14.6. The molecule has 4 nitrogen and oxygen atoms in total. The fourth-order valence-corrected chi connectivity index (χ4v) is 3.34. The lowest BCUT2D eigenvalue weighted by Crippen LogP contribution is -2.33. The minimum Gasteiger partial charge on any atom is -0.318 e. The van der Waals surface area contributed by atoms with Gasteiger partial charge in [0.2, 0.25) is 10.0 Å². The molecule has 0 spiro atoms. The number of hydrogen-bond donors (Lipinski definition) is 1. The standard InChI is InChI=1S/C11H17BrN2O2S/c1-9-4-5-10(12)8-11(9)17(15,16)14(3)7-6-13-2/h4-5,8,13H,6-7H2,1-3H3. The molecule has 17 heavy (non-hydrogen) atoms. The molecule has 0 aromatic heterocycles. The second kappa shape index (κ2) is 5.95. The predicted octanol–water partition coefficient (Wildman–Crippen LogP) is 1.60. The van der Waals surface area contributed by atoms with Crippen molar-refractivity contribution in [1.82, 2.24) is 9.62 Å². The zero-order valence-electron chi connectivity index (χ0n) is 10.2. The Morgan fingerprint density at radius 2 is 2.06 bits per heavy atom. The van der Waals surface area contributed by atoms with Gasteiger partial charge in [0.25, 0.3) is 0 Å². The lowest BCUT2D eigenvalue weighted by Gasteiger charge is -2.18. The van der Waals surface area contributed by atoms with Gasteiger partial charge in [-0.25, -0.2) is 8.42 Å². The van der Waals surface area contributed by atoms with Gasteiger partial charge in [0.05, 0.1) is 4.90 Å². The second-order valence-corrected chi connectivity index (χ2v) is 6.77. The third kappa shape index (κ3) is 3.51. The topological polar surface area (TPSA) is 49.4 Å². The summed E-state index contributed by atoms with van der Waals surface area (Å²) in [4.78, 5) is 0.352. The smallest absolute Gasteiger partial charge is 0.243 e. The number of sulfonamides is 1. The van der Waals surface area contributed by atoms with E-state index in [-0.39, 0.29) is 0 Å². The van der Waals surface area contributed by atoms with Gasteiger partial charge in [0, 0.05) is 24.6 Å². The first-order chi connectivity index (χ1) is 7.89. The van der Waals surface area contributed by atoms with E-state index in [1.54, 1.807) is 33.2 Å². The summed E-state index contributed by atoms with van der Waals surface area (Å²) in [5.74, 6) is 0. The summed E-state index contributed by atoms with van der Waals surface area (Å²) in [6, 6.07) is 5.27. The van der Waals surface area contributed by atoms with Crippen LogP contribution in [0.25, 0.3) is 0 Å². The molecular weight excluding hydrogens is 304 g/mol. The minimum atomic E-state index is -3.40. The highest BCUT2D eigenvalue weighted by molar-refractivity contribution is 9.10. The van der Waals surface area contributed by atoms with Crippen molar-refractivity contribution < 1.29 is 8.42 Å². The Balaban J connectivity index is 3.08. The number of nitrogens with one attached hydrogen (secondary N) is 1. The van der Waals surface area contributed by atoms with Gasteiger partial charge in [-0.1, -0.05) is 22.0 Å². The Morgan fingerprint density at radius 1 is 1.41 bits per heavy atom. The van der Waals surface area contributed by atoms with Crippen LogP contribution in [-0.2, 0) is 10.0 Å². The van der Waals surface area contributed by atoms with Gasteiger partial charge in [-0.3, -0.25) is 0 Å². The molecular formula is C11H17BrN2O2S. The van der Waals surface area contributed by atoms with Crippen molar-refractivity contribution in [3.63, 3.8) is 0 Å². The van der Waals surface area contributed by atoms with Crippen LogP contribution < -0.4 is 5.32 Å². The second-order valence-electron chi connectivity index (χ2n) is 3.84. The summed E-state index contributed by atoms with van der Waals surface area (Å²) in [7, 11) is -0.0143. The van der Waals surface area contributed by atoms with Gasteiger partial charge in [-0.05, 0) is 31.7 Å². The Hall–Kier alpha value is -0.430. The number of rotatable bonds is 5. The van der Waals surface area contributed by atoms with E-state index >= 15 is 0 Å². The van der Waals surface area contributed by atoms with Crippen molar-refractivity contribution in [3.05, 3.63) is 28.2 Å². The first-order valence-electron chi connectivity index (χ1n) is 5.26. The van der Waals surface area contributed by atoms with Crippen LogP contribution >= 0.6 is 15.9 Å². The van der Waals surface area contributed by atoms with Gasteiger partial charge < -0.3 is 5.32 Å². The maximum atomic E-state index is 12.3. The van der Waals surface area contributed by atoms with E-state index < -0.39 is 10.0 Å². The molecule has 0 saturated heterocycles. The van der Waals surface area contributed by atoms with Crippen molar-refractivity contribution >= 4 is 26.0 Å². The highest BCUT2D eigenvalue weighted by Crippen LogP contribution is 2.22. The van der Waals surface area contributed by atoms with Gasteiger partial charge in [0.15, 0.2) is 0 Å². The molecule has 96 valence electrons. The van der Waals surface area contributed by atoms with Crippen LogP contribution in [0.3, 0.4) is 0 Å². The molecule has 0 aliphatic heterocycles. The van der Waals surface area contributed by atoms with Crippen LogP contribution in [0.2, 0.25) is 0 Å². The molecule has 0 saturated carbocycles. The average Bonchev–Trinajstić information content (AvgIpc) is 2.28. The molecule has 6 heteroatoms. The zero-order valence-corrected chi connectivity index (χ0v) is 12.6. The molecule has 0 radical (unpaired) electrons. The fraction of sp³-hybridized carbons (Fsp3) is 0.455. The minimum absolute atomic E-state index is 0.352. The molecule has 0 heterocycles. The van der Waals surface area contributed by atoms with Crippen LogP contribution in [-0.4, -0.2) is 39.9 Å². The Kier molecular flexibility index (Phi) is 5.12. The molecule has 0 atom stereocenters. The highest BCUT2D eigenvalue weighted by Gasteiger charge is 2.22. The Labute approximate surface area is 111 Å². The Morgan fingerprint density at radius 3 is 2.65 bits per heavy atom. The van der Waals surface area contributed by atoms with Crippen LogP contribution in [0, 0.1) is 6.92 Å². The summed E-state index contributed by atoms with van der Waals surface area (Å²) in [6.45, 7) is 2.87. The monoisotopic (exact) mass is 320 g/mol. The number of halogens is 1. The van der Waals surface area contributed by atoms with Crippen molar-refractivity contribution in [3.8, 4) is 0 Å². The van der Waals surface area contributed by atoms with Crippen LogP contribution in [0.1, 0.15) is 5.56 Å². The molecule has 1 aromatic rings.